The van der Waals surface area contributed by atoms with E-state index in [1.165, 1.54) is 37.0 Å². The molecule has 4 rings (SSSR count). The SMILES string of the molecule is CCCCCc1ccc2c(F)c(-c3ccc(-c4cccc(F)c4)cc3)ccc2c1. The summed E-state index contributed by atoms with van der Waals surface area (Å²) in [5, 5.41) is 1.59. The van der Waals surface area contributed by atoms with Gasteiger partial charge in [-0.05, 0) is 52.6 Å². The normalized spacial score (nSPS) is 11.1. The number of rotatable bonds is 6. The molecule has 2 heteroatoms. The van der Waals surface area contributed by atoms with Gasteiger partial charge in [0, 0.05) is 10.9 Å². The zero-order valence-electron chi connectivity index (χ0n) is 16.6. The molecule has 4 aromatic carbocycles. The van der Waals surface area contributed by atoms with Crippen molar-refractivity contribution in [1.82, 2.24) is 0 Å². The van der Waals surface area contributed by atoms with Crippen LogP contribution in [0.1, 0.15) is 31.7 Å². The second-order valence-corrected chi connectivity index (χ2v) is 7.53. The van der Waals surface area contributed by atoms with E-state index < -0.39 is 0 Å². The van der Waals surface area contributed by atoms with E-state index in [9.17, 15) is 4.39 Å². The van der Waals surface area contributed by atoms with Crippen LogP contribution >= 0.6 is 0 Å². The van der Waals surface area contributed by atoms with E-state index in [-0.39, 0.29) is 11.6 Å². The Morgan fingerprint density at radius 1 is 0.690 bits per heavy atom. The molecule has 0 aliphatic rings. The van der Waals surface area contributed by atoms with Crippen molar-refractivity contribution < 1.29 is 8.78 Å². The highest BCUT2D eigenvalue weighted by Crippen LogP contribution is 2.31. The molecule has 146 valence electrons. The predicted octanol–water partition coefficient (Wildman–Crippen LogP) is 8.18. The van der Waals surface area contributed by atoms with E-state index in [4.69, 9.17) is 0 Å². The van der Waals surface area contributed by atoms with Crippen LogP contribution in [-0.2, 0) is 6.42 Å². The standard InChI is InChI=1S/C27H24F2/c1-2-3-4-6-19-9-15-26-23(17-19)14-16-25(27(26)29)21-12-10-20(11-13-21)22-7-5-8-24(28)18-22/h5,7-18H,2-4,6H2,1H3. The third-order valence-corrected chi connectivity index (χ3v) is 5.44. The summed E-state index contributed by atoms with van der Waals surface area (Å²) in [5.74, 6) is -0.456. The summed E-state index contributed by atoms with van der Waals surface area (Å²) < 4.78 is 28.7. The second-order valence-electron chi connectivity index (χ2n) is 7.53. The Kier molecular flexibility index (Phi) is 5.71. The zero-order chi connectivity index (χ0) is 20.2. The van der Waals surface area contributed by atoms with Crippen LogP contribution in [0.5, 0.6) is 0 Å². The quantitative estimate of drug-likeness (QED) is 0.293. The van der Waals surface area contributed by atoms with E-state index in [2.05, 4.69) is 13.0 Å². The van der Waals surface area contributed by atoms with Gasteiger partial charge in [-0.2, -0.15) is 0 Å². The summed E-state index contributed by atoms with van der Waals surface area (Å²) in [6.45, 7) is 2.20. The van der Waals surface area contributed by atoms with E-state index in [0.717, 1.165) is 28.5 Å². The van der Waals surface area contributed by atoms with Crippen LogP contribution in [0.25, 0.3) is 33.0 Å². The molecule has 0 bridgehead atoms. The maximum Gasteiger partial charge on any atom is 0.138 e. The van der Waals surface area contributed by atoms with Crippen molar-refractivity contribution in [1.29, 1.82) is 0 Å². The van der Waals surface area contributed by atoms with Gasteiger partial charge < -0.3 is 0 Å². The minimum absolute atomic E-state index is 0.193. The first kappa shape index (κ1) is 19.3. The first-order chi connectivity index (χ1) is 14.2. The molecular formula is C27H24F2. The Labute approximate surface area is 170 Å². The summed E-state index contributed by atoms with van der Waals surface area (Å²) in [5.41, 5.74) is 4.38. The Bertz CT molecular complexity index is 1130. The molecule has 0 unspecified atom stereocenters. The summed E-state index contributed by atoms with van der Waals surface area (Å²) in [4.78, 5) is 0. The maximum atomic E-state index is 15.2. The topological polar surface area (TPSA) is 0 Å². The van der Waals surface area contributed by atoms with Crippen LogP contribution in [0, 0.1) is 11.6 Å². The van der Waals surface area contributed by atoms with Crippen molar-refractivity contribution >= 4 is 10.8 Å². The minimum atomic E-state index is -0.263. The molecule has 0 fully saturated rings. The molecule has 0 saturated heterocycles. The number of benzene rings is 4. The molecule has 0 aromatic heterocycles. The van der Waals surface area contributed by atoms with Gasteiger partial charge in [-0.25, -0.2) is 8.78 Å². The maximum absolute atomic E-state index is 15.2. The molecule has 0 radical (unpaired) electrons. The fourth-order valence-electron chi connectivity index (χ4n) is 3.81. The van der Waals surface area contributed by atoms with Crippen molar-refractivity contribution in [3.8, 4) is 22.3 Å². The highest BCUT2D eigenvalue weighted by molar-refractivity contribution is 5.89. The molecule has 0 aliphatic carbocycles. The Hall–Kier alpha value is -3.00. The van der Waals surface area contributed by atoms with Crippen LogP contribution in [0.4, 0.5) is 8.78 Å². The van der Waals surface area contributed by atoms with E-state index in [1.807, 2.05) is 54.6 Å². The smallest absolute Gasteiger partial charge is 0.138 e. The number of hydrogen-bond donors (Lipinski definition) is 0. The van der Waals surface area contributed by atoms with Gasteiger partial charge in [-0.3, -0.25) is 0 Å². The first-order valence-corrected chi connectivity index (χ1v) is 10.2. The molecule has 0 saturated carbocycles. The lowest BCUT2D eigenvalue weighted by atomic mass is 9.96. The lowest BCUT2D eigenvalue weighted by Crippen LogP contribution is -1.90. The number of unbranched alkanes of at least 4 members (excludes halogenated alkanes) is 2. The molecule has 0 heterocycles. The van der Waals surface area contributed by atoms with Gasteiger partial charge in [0.05, 0.1) is 0 Å². The lowest BCUT2D eigenvalue weighted by molar-refractivity contribution is 0.628. The van der Waals surface area contributed by atoms with Crippen molar-refractivity contribution in [2.75, 3.05) is 0 Å². The zero-order valence-corrected chi connectivity index (χ0v) is 16.6. The molecule has 0 aliphatic heterocycles. The highest BCUT2D eigenvalue weighted by Gasteiger charge is 2.10. The van der Waals surface area contributed by atoms with Crippen molar-refractivity contribution in [3.63, 3.8) is 0 Å². The van der Waals surface area contributed by atoms with Crippen molar-refractivity contribution in [3.05, 3.63) is 96.1 Å². The van der Waals surface area contributed by atoms with Crippen LogP contribution in [-0.4, -0.2) is 0 Å². The molecule has 4 aromatic rings. The number of aryl methyl sites for hydroxylation is 1. The Balaban J connectivity index is 1.63. The number of hydrogen-bond acceptors (Lipinski definition) is 0. The molecule has 29 heavy (non-hydrogen) atoms. The molecule has 0 spiro atoms. The van der Waals surface area contributed by atoms with Gasteiger partial charge >= 0.3 is 0 Å². The third-order valence-electron chi connectivity index (χ3n) is 5.44. The summed E-state index contributed by atoms with van der Waals surface area (Å²) >= 11 is 0. The molecule has 0 N–H and O–H groups in total. The number of fused-ring (bicyclic) bond motifs is 1. The summed E-state index contributed by atoms with van der Waals surface area (Å²) in [7, 11) is 0. The van der Waals surface area contributed by atoms with Gasteiger partial charge in [-0.15, -0.1) is 0 Å². The van der Waals surface area contributed by atoms with Gasteiger partial charge in [-0.1, -0.05) is 86.5 Å². The first-order valence-electron chi connectivity index (χ1n) is 10.2. The fourth-order valence-corrected chi connectivity index (χ4v) is 3.81. The lowest BCUT2D eigenvalue weighted by Gasteiger charge is -2.10. The summed E-state index contributed by atoms with van der Waals surface area (Å²) in [6.07, 6.45) is 4.62. The molecular weight excluding hydrogens is 362 g/mol. The average molecular weight is 386 g/mol. The third kappa shape index (κ3) is 4.22. The van der Waals surface area contributed by atoms with E-state index in [1.54, 1.807) is 6.07 Å². The van der Waals surface area contributed by atoms with Gasteiger partial charge in [0.25, 0.3) is 0 Å². The van der Waals surface area contributed by atoms with Crippen LogP contribution in [0.3, 0.4) is 0 Å². The second kappa shape index (κ2) is 8.57. The fraction of sp³-hybridized carbons (Fsp3) is 0.185. The van der Waals surface area contributed by atoms with Crippen molar-refractivity contribution in [2.45, 2.75) is 32.6 Å². The van der Waals surface area contributed by atoms with Crippen LogP contribution in [0.15, 0.2) is 78.9 Å². The monoisotopic (exact) mass is 386 g/mol. The number of halogens is 2. The van der Waals surface area contributed by atoms with E-state index >= 15 is 4.39 Å². The molecule has 0 amide bonds. The molecule has 0 atom stereocenters. The van der Waals surface area contributed by atoms with E-state index in [0.29, 0.717) is 10.9 Å². The summed E-state index contributed by atoms with van der Waals surface area (Å²) in [6, 6.07) is 24.0. The predicted molar refractivity (Wildman–Crippen MR) is 118 cm³/mol. The largest absolute Gasteiger partial charge is 0.207 e. The van der Waals surface area contributed by atoms with Crippen molar-refractivity contribution in [2.24, 2.45) is 0 Å². The van der Waals surface area contributed by atoms with Gasteiger partial charge in [0.2, 0.25) is 0 Å². The minimum Gasteiger partial charge on any atom is -0.207 e. The average Bonchev–Trinajstić information content (AvgIpc) is 2.74. The van der Waals surface area contributed by atoms with Gasteiger partial charge in [0.15, 0.2) is 0 Å². The Morgan fingerprint density at radius 3 is 2.24 bits per heavy atom. The van der Waals surface area contributed by atoms with Crippen LogP contribution < -0.4 is 0 Å². The molecule has 0 nitrogen and oxygen atoms in total. The van der Waals surface area contributed by atoms with Gasteiger partial charge in [0.1, 0.15) is 11.6 Å². The Morgan fingerprint density at radius 2 is 1.48 bits per heavy atom. The van der Waals surface area contributed by atoms with Crippen LogP contribution in [0.2, 0.25) is 0 Å². The highest BCUT2D eigenvalue weighted by atomic mass is 19.1.